The Morgan fingerprint density at radius 3 is 2.31 bits per heavy atom. The first-order valence-corrected chi connectivity index (χ1v) is 4.59. The van der Waals surface area contributed by atoms with Gasteiger partial charge in [0.25, 0.3) is 0 Å². The van der Waals surface area contributed by atoms with Crippen molar-refractivity contribution >= 4 is 5.78 Å². The highest BCUT2D eigenvalue weighted by Gasteiger charge is 2.17. The van der Waals surface area contributed by atoms with Crippen LogP contribution in [-0.2, 0) is 9.53 Å². The zero-order valence-corrected chi connectivity index (χ0v) is 9.39. The zero-order valence-electron chi connectivity index (χ0n) is 9.39. The molecule has 0 aliphatic heterocycles. The monoisotopic (exact) mass is 187 g/mol. The molecule has 0 amide bonds. The smallest absolute Gasteiger partial charge is 0.146 e. The van der Waals surface area contributed by atoms with Gasteiger partial charge in [-0.1, -0.05) is 0 Å². The molecular weight excluding hydrogens is 166 g/mol. The van der Waals surface area contributed by atoms with Crippen molar-refractivity contribution in [1.29, 1.82) is 0 Å². The third-order valence-electron chi connectivity index (χ3n) is 2.05. The van der Waals surface area contributed by atoms with E-state index < -0.39 is 0 Å². The average molecular weight is 187 g/mol. The van der Waals surface area contributed by atoms with Crippen LogP contribution in [-0.4, -0.2) is 44.0 Å². The van der Waals surface area contributed by atoms with Crippen molar-refractivity contribution in [2.75, 3.05) is 27.7 Å². The second-order valence-corrected chi connectivity index (χ2v) is 4.24. The third kappa shape index (κ3) is 6.72. The zero-order chi connectivity index (χ0) is 10.5. The Kier molecular flexibility index (Phi) is 5.18. The fourth-order valence-corrected chi connectivity index (χ4v) is 0.974. The second-order valence-electron chi connectivity index (χ2n) is 4.24. The van der Waals surface area contributed by atoms with E-state index in [0.29, 0.717) is 13.0 Å². The lowest BCUT2D eigenvalue weighted by Gasteiger charge is -2.22. The van der Waals surface area contributed by atoms with Crippen molar-refractivity contribution in [3.8, 4) is 0 Å². The van der Waals surface area contributed by atoms with Crippen LogP contribution >= 0.6 is 0 Å². The van der Waals surface area contributed by atoms with Crippen molar-refractivity contribution in [3.05, 3.63) is 0 Å². The summed E-state index contributed by atoms with van der Waals surface area (Å²) in [5, 5.41) is 0. The van der Waals surface area contributed by atoms with E-state index in [1.54, 1.807) is 7.11 Å². The van der Waals surface area contributed by atoms with Crippen LogP contribution in [0.1, 0.15) is 26.7 Å². The van der Waals surface area contributed by atoms with Crippen LogP contribution < -0.4 is 0 Å². The van der Waals surface area contributed by atoms with Gasteiger partial charge in [0.1, 0.15) is 5.78 Å². The number of carbonyl (C=O) groups excluding carboxylic acids is 1. The largest absolute Gasteiger partial charge is 0.379 e. The number of rotatable bonds is 6. The first kappa shape index (κ1) is 12.6. The van der Waals surface area contributed by atoms with Gasteiger partial charge in [0.05, 0.1) is 12.1 Å². The maximum Gasteiger partial charge on any atom is 0.146 e. The van der Waals surface area contributed by atoms with Crippen LogP contribution in [0.25, 0.3) is 0 Å². The van der Waals surface area contributed by atoms with Gasteiger partial charge in [0.15, 0.2) is 0 Å². The van der Waals surface area contributed by atoms with Crippen LogP contribution in [0, 0.1) is 0 Å². The third-order valence-corrected chi connectivity index (χ3v) is 2.05. The quantitative estimate of drug-likeness (QED) is 0.628. The van der Waals surface area contributed by atoms with Gasteiger partial charge < -0.3 is 9.64 Å². The molecule has 0 aromatic carbocycles. The molecule has 0 aliphatic carbocycles. The van der Waals surface area contributed by atoms with Gasteiger partial charge in [-0.05, 0) is 34.4 Å². The summed E-state index contributed by atoms with van der Waals surface area (Å²) in [6.45, 7) is 4.52. The highest BCUT2D eigenvalue weighted by molar-refractivity contribution is 5.80. The molecule has 0 fully saturated rings. The highest BCUT2D eigenvalue weighted by Crippen LogP contribution is 2.15. The van der Waals surface area contributed by atoms with Gasteiger partial charge in [0.2, 0.25) is 0 Å². The Bertz CT molecular complexity index is 164. The fourth-order valence-electron chi connectivity index (χ4n) is 0.974. The number of hydrogen-bond donors (Lipinski definition) is 0. The van der Waals surface area contributed by atoms with Crippen molar-refractivity contribution in [2.45, 2.75) is 32.3 Å². The summed E-state index contributed by atoms with van der Waals surface area (Å²) in [7, 11) is 5.48. The van der Waals surface area contributed by atoms with Crippen molar-refractivity contribution in [1.82, 2.24) is 4.90 Å². The Labute approximate surface area is 81.1 Å². The van der Waals surface area contributed by atoms with E-state index in [0.717, 1.165) is 6.42 Å². The number of nitrogens with zero attached hydrogens (tertiary/aromatic N) is 1. The lowest BCUT2D eigenvalue weighted by molar-refractivity contribution is -0.121. The summed E-state index contributed by atoms with van der Waals surface area (Å²) in [4.78, 5) is 13.2. The fraction of sp³-hybridized carbons (Fsp3) is 0.900. The first-order chi connectivity index (χ1) is 5.87. The molecule has 78 valence electrons. The van der Waals surface area contributed by atoms with Crippen LogP contribution in [0.5, 0.6) is 0 Å². The number of ether oxygens (including phenoxy) is 1. The second kappa shape index (κ2) is 5.35. The van der Waals surface area contributed by atoms with Crippen LogP contribution in [0.4, 0.5) is 0 Å². The van der Waals surface area contributed by atoms with E-state index >= 15 is 0 Å². The number of hydrogen-bond acceptors (Lipinski definition) is 3. The van der Waals surface area contributed by atoms with E-state index in [2.05, 4.69) is 0 Å². The normalized spacial score (nSPS) is 12.2. The highest BCUT2D eigenvalue weighted by atomic mass is 16.5. The van der Waals surface area contributed by atoms with Crippen molar-refractivity contribution < 1.29 is 9.53 Å². The number of methoxy groups -OCH3 is 1. The molecule has 3 nitrogen and oxygen atoms in total. The minimum atomic E-state index is -0.179. The topological polar surface area (TPSA) is 29.5 Å². The molecule has 3 heteroatoms. The predicted octanol–water partition coefficient (Wildman–Crippen LogP) is 1.32. The number of Topliss-reactive ketones (excluding diaryl/α,β-unsaturated/α-hetero) is 1. The number of ketones is 1. The van der Waals surface area contributed by atoms with E-state index in [1.807, 2.05) is 32.8 Å². The van der Waals surface area contributed by atoms with Crippen LogP contribution in [0.15, 0.2) is 0 Å². The standard InChI is InChI=1S/C10H21NO2/c1-10(2,13-5)7-6-9(12)8-11(3)4/h6-8H2,1-5H3. The molecule has 0 bridgehead atoms. The molecule has 0 aromatic heterocycles. The lowest BCUT2D eigenvalue weighted by atomic mass is 10.0. The van der Waals surface area contributed by atoms with E-state index in [9.17, 15) is 4.79 Å². The Hall–Kier alpha value is -0.410. The molecule has 0 unspecified atom stereocenters. The molecule has 0 aliphatic rings. The summed E-state index contributed by atoms with van der Waals surface area (Å²) in [6.07, 6.45) is 1.38. The summed E-state index contributed by atoms with van der Waals surface area (Å²) >= 11 is 0. The summed E-state index contributed by atoms with van der Waals surface area (Å²) < 4.78 is 5.23. The predicted molar refractivity (Wildman–Crippen MR) is 53.9 cm³/mol. The summed E-state index contributed by atoms with van der Waals surface area (Å²) in [5.74, 6) is 0.273. The molecular formula is C10H21NO2. The van der Waals surface area contributed by atoms with E-state index in [1.165, 1.54) is 0 Å². The maximum atomic E-state index is 11.3. The Balaban J connectivity index is 3.70. The molecule has 0 rings (SSSR count). The molecule has 0 saturated carbocycles. The van der Waals surface area contributed by atoms with E-state index in [4.69, 9.17) is 4.74 Å². The number of carbonyl (C=O) groups is 1. The van der Waals surface area contributed by atoms with E-state index in [-0.39, 0.29) is 11.4 Å². The Morgan fingerprint density at radius 2 is 1.92 bits per heavy atom. The summed E-state index contributed by atoms with van der Waals surface area (Å²) in [5.41, 5.74) is -0.179. The minimum absolute atomic E-state index is 0.179. The van der Waals surface area contributed by atoms with Crippen molar-refractivity contribution in [3.63, 3.8) is 0 Å². The minimum Gasteiger partial charge on any atom is -0.379 e. The van der Waals surface area contributed by atoms with Gasteiger partial charge in [-0.2, -0.15) is 0 Å². The molecule has 0 heterocycles. The molecule has 0 radical (unpaired) electrons. The first-order valence-electron chi connectivity index (χ1n) is 4.59. The average Bonchev–Trinajstić information content (AvgIpc) is 2.00. The van der Waals surface area contributed by atoms with Gasteiger partial charge in [-0.3, -0.25) is 4.79 Å². The van der Waals surface area contributed by atoms with Gasteiger partial charge in [-0.15, -0.1) is 0 Å². The van der Waals surface area contributed by atoms with Gasteiger partial charge in [0, 0.05) is 13.5 Å². The number of likely N-dealkylation sites (N-methyl/N-ethyl adjacent to an activating group) is 1. The molecule has 0 N–H and O–H groups in total. The maximum absolute atomic E-state index is 11.3. The Morgan fingerprint density at radius 1 is 1.38 bits per heavy atom. The SMILES string of the molecule is COC(C)(C)CCC(=O)CN(C)C. The van der Waals surface area contributed by atoms with Crippen molar-refractivity contribution in [2.24, 2.45) is 0 Å². The molecule has 0 atom stereocenters. The molecule has 0 spiro atoms. The van der Waals surface area contributed by atoms with Crippen LogP contribution in [0.3, 0.4) is 0 Å². The van der Waals surface area contributed by atoms with Crippen LogP contribution in [0.2, 0.25) is 0 Å². The summed E-state index contributed by atoms with van der Waals surface area (Å²) in [6, 6.07) is 0. The van der Waals surface area contributed by atoms with Gasteiger partial charge >= 0.3 is 0 Å². The molecule has 0 saturated heterocycles. The molecule has 0 aromatic rings. The molecule has 13 heavy (non-hydrogen) atoms. The lowest BCUT2D eigenvalue weighted by Crippen LogP contribution is -2.27. The van der Waals surface area contributed by atoms with Gasteiger partial charge in [-0.25, -0.2) is 0 Å².